The minimum Gasteiger partial charge on any atom is -0.508 e. The van der Waals surface area contributed by atoms with E-state index in [9.17, 15) is 0 Å². The highest BCUT2D eigenvalue weighted by Gasteiger charge is 1.84. The third-order valence-electron chi connectivity index (χ3n) is 0.827. The van der Waals surface area contributed by atoms with Crippen molar-refractivity contribution in [3.05, 3.63) is 29.3 Å². The molecule has 0 unspecified atom stereocenters. The molecule has 0 aliphatic heterocycles. The molecule has 0 spiro atoms. The van der Waals surface area contributed by atoms with Crippen LogP contribution in [0.3, 0.4) is 0 Å². The summed E-state index contributed by atoms with van der Waals surface area (Å²) in [4.78, 5) is 0. The molecule has 3 N–H and O–H groups in total. The van der Waals surface area contributed by atoms with Crippen molar-refractivity contribution >= 4 is 11.6 Å². The van der Waals surface area contributed by atoms with Crippen LogP contribution in [0.2, 0.25) is 5.02 Å². The summed E-state index contributed by atoms with van der Waals surface area (Å²) < 4.78 is 0. The Morgan fingerprint density at radius 1 is 1.23 bits per heavy atom. The van der Waals surface area contributed by atoms with Gasteiger partial charge in [0.2, 0.25) is 0 Å². The first-order chi connectivity index (χ1) is 6.20. The lowest BCUT2D eigenvalue weighted by atomic mass is 10.3. The van der Waals surface area contributed by atoms with Crippen LogP contribution in [-0.4, -0.2) is 11.7 Å². The molecule has 3 heteroatoms. The van der Waals surface area contributed by atoms with E-state index in [1.165, 1.54) is 0 Å². The van der Waals surface area contributed by atoms with Gasteiger partial charge in [0, 0.05) is 5.02 Å². The lowest BCUT2D eigenvalue weighted by Crippen LogP contribution is -1.87. The van der Waals surface area contributed by atoms with Crippen molar-refractivity contribution < 1.29 is 5.11 Å². The Bertz CT molecular complexity index is 166. The number of benzene rings is 1. The van der Waals surface area contributed by atoms with Crippen molar-refractivity contribution in [1.29, 1.82) is 0 Å². The van der Waals surface area contributed by atoms with Gasteiger partial charge in [-0.3, -0.25) is 0 Å². The molecule has 1 aromatic rings. The van der Waals surface area contributed by atoms with Crippen LogP contribution in [0.5, 0.6) is 5.75 Å². The van der Waals surface area contributed by atoms with Crippen LogP contribution >= 0.6 is 11.6 Å². The molecular weight excluding hydrogens is 186 g/mol. The van der Waals surface area contributed by atoms with Gasteiger partial charge in [-0.15, -0.1) is 0 Å². The van der Waals surface area contributed by atoms with Crippen molar-refractivity contribution in [3.8, 4) is 5.75 Å². The smallest absolute Gasteiger partial charge is 0.115 e. The van der Waals surface area contributed by atoms with Crippen molar-refractivity contribution in [1.82, 2.24) is 0 Å². The summed E-state index contributed by atoms with van der Waals surface area (Å²) >= 11 is 5.50. The molecule has 0 saturated carbocycles. The summed E-state index contributed by atoms with van der Waals surface area (Å²) in [5, 5.41) is 9.34. The maximum Gasteiger partial charge on any atom is 0.115 e. The monoisotopic (exact) mass is 203 g/mol. The molecule has 0 amide bonds. The molecule has 1 aromatic carbocycles. The maximum atomic E-state index is 8.70. The average Bonchev–Trinajstić information content (AvgIpc) is 2.15. The molecular formula is C10H18ClNO. The zero-order valence-corrected chi connectivity index (χ0v) is 9.17. The summed E-state index contributed by atoms with van der Waals surface area (Å²) in [6, 6.07) is 6.36. The summed E-state index contributed by atoms with van der Waals surface area (Å²) in [6.07, 6.45) is 0. The van der Waals surface area contributed by atoms with Gasteiger partial charge in [-0.2, -0.15) is 0 Å². The molecule has 0 saturated heterocycles. The third-order valence-corrected chi connectivity index (χ3v) is 1.08. The van der Waals surface area contributed by atoms with Gasteiger partial charge in [-0.1, -0.05) is 32.4 Å². The van der Waals surface area contributed by atoms with E-state index < -0.39 is 0 Å². The Labute approximate surface area is 85.3 Å². The molecule has 0 aliphatic carbocycles. The van der Waals surface area contributed by atoms with Crippen LogP contribution < -0.4 is 5.73 Å². The molecule has 76 valence electrons. The zero-order chi connectivity index (χ0) is 10.7. The van der Waals surface area contributed by atoms with Crippen LogP contribution in [0.15, 0.2) is 24.3 Å². The molecule has 0 aromatic heterocycles. The first-order valence-corrected chi connectivity index (χ1v) is 4.73. The highest BCUT2D eigenvalue weighted by atomic mass is 35.5. The second-order valence-electron chi connectivity index (χ2n) is 1.88. The molecule has 13 heavy (non-hydrogen) atoms. The highest BCUT2D eigenvalue weighted by molar-refractivity contribution is 6.30. The van der Waals surface area contributed by atoms with Crippen molar-refractivity contribution in [2.75, 3.05) is 6.54 Å². The SMILES string of the molecule is CC.CCN.Oc1ccc(Cl)cc1. The van der Waals surface area contributed by atoms with E-state index in [1.807, 2.05) is 20.8 Å². The van der Waals surface area contributed by atoms with Gasteiger partial charge >= 0.3 is 0 Å². The fraction of sp³-hybridized carbons (Fsp3) is 0.400. The van der Waals surface area contributed by atoms with E-state index in [0.717, 1.165) is 6.54 Å². The van der Waals surface area contributed by atoms with Crippen molar-refractivity contribution in [3.63, 3.8) is 0 Å². The normalized spacial score (nSPS) is 7.46. The minimum absolute atomic E-state index is 0.245. The van der Waals surface area contributed by atoms with E-state index in [2.05, 4.69) is 0 Å². The van der Waals surface area contributed by atoms with Crippen LogP contribution in [0.25, 0.3) is 0 Å². The van der Waals surface area contributed by atoms with Crippen molar-refractivity contribution in [2.24, 2.45) is 5.73 Å². The molecule has 0 fully saturated rings. The van der Waals surface area contributed by atoms with Gasteiger partial charge in [0.25, 0.3) is 0 Å². The Morgan fingerprint density at radius 2 is 1.54 bits per heavy atom. The third kappa shape index (κ3) is 11.3. The summed E-state index contributed by atoms with van der Waals surface area (Å²) in [6.45, 7) is 6.65. The molecule has 2 nitrogen and oxygen atoms in total. The van der Waals surface area contributed by atoms with Gasteiger partial charge in [0.05, 0.1) is 0 Å². The number of phenolic OH excluding ortho intramolecular Hbond substituents is 1. The van der Waals surface area contributed by atoms with E-state index >= 15 is 0 Å². The summed E-state index contributed by atoms with van der Waals surface area (Å²) in [5.41, 5.74) is 4.85. The molecule has 0 bridgehead atoms. The van der Waals surface area contributed by atoms with E-state index in [0.29, 0.717) is 5.02 Å². The summed E-state index contributed by atoms with van der Waals surface area (Å²) in [5.74, 6) is 0.245. The van der Waals surface area contributed by atoms with Crippen molar-refractivity contribution in [2.45, 2.75) is 20.8 Å². The number of aromatic hydroxyl groups is 1. The molecule has 1 rings (SSSR count). The van der Waals surface area contributed by atoms with Gasteiger partial charge in [0.15, 0.2) is 0 Å². The number of hydrogen-bond donors (Lipinski definition) is 2. The van der Waals surface area contributed by atoms with E-state index in [4.69, 9.17) is 22.4 Å². The second-order valence-corrected chi connectivity index (χ2v) is 2.32. The van der Waals surface area contributed by atoms with E-state index in [1.54, 1.807) is 24.3 Å². The molecule has 0 aliphatic rings. The van der Waals surface area contributed by atoms with Gasteiger partial charge < -0.3 is 10.8 Å². The Balaban J connectivity index is 0. The van der Waals surface area contributed by atoms with E-state index in [-0.39, 0.29) is 5.75 Å². The molecule has 0 atom stereocenters. The number of nitrogens with two attached hydrogens (primary N) is 1. The average molecular weight is 204 g/mol. The summed E-state index contributed by atoms with van der Waals surface area (Å²) in [7, 11) is 0. The largest absolute Gasteiger partial charge is 0.508 e. The number of hydrogen-bond acceptors (Lipinski definition) is 2. The molecule has 0 heterocycles. The van der Waals surface area contributed by atoms with Crippen LogP contribution in [0.1, 0.15) is 20.8 Å². The first-order valence-electron chi connectivity index (χ1n) is 4.35. The topological polar surface area (TPSA) is 46.2 Å². The lowest BCUT2D eigenvalue weighted by molar-refractivity contribution is 0.475. The highest BCUT2D eigenvalue weighted by Crippen LogP contribution is 2.12. The predicted molar refractivity (Wildman–Crippen MR) is 59.2 cm³/mol. The maximum absolute atomic E-state index is 8.70. The predicted octanol–water partition coefficient (Wildman–Crippen LogP) is 3.04. The van der Waals surface area contributed by atoms with Gasteiger partial charge in [-0.25, -0.2) is 0 Å². The molecule has 0 radical (unpaired) electrons. The van der Waals surface area contributed by atoms with Gasteiger partial charge in [0.1, 0.15) is 5.75 Å². The fourth-order valence-corrected chi connectivity index (χ4v) is 0.567. The lowest BCUT2D eigenvalue weighted by Gasteiger charge is -1.87. The van der Waals surface area contributed by atoms with Crippen LogP contribution in [0.4, 0.5) is 0 Å². The first kappa shape index (κ1) is 14.8. The minimum atomic E-state index is 0.245. The fourth-order valence-electron chi connectivity index (χ4n) is 0.441. The Morgan fingerprint density at radius 3 is 1.77 bits per heavy atom. The zero-order valence-electron chi connectivity index (χ0n) is 8.42. The number of rotatable bonds is 0. The van der Waals surface area contributed by atoms with Crippen LogP contribution in [0, 0.1) is 0 Å². The number of phenols is 1. The Hall–Kier alpha value is -0.730. The number of halogens is 1. The second kappa shape index (κ2) is 11.3. The standard InChI is InChI=1S/C6H5ClO.C2H7N.C2H6/c7-5-1-3-6(8)4-2-5;1-2-3;1-2/h1-4,8H;2-3H2,1H3;1-2H3. The van der Waals surface area contributed by atoms with Gasteiger partial charge in [-0.05, 0) is 30.8 Å². The van der Waals surface area contributed by atoms with Crippen LogP contribution in [-0.2, 0) is 0 Å². The Kier molecular flexibility index (Phi) is 12.8. The quantitative estimate of drug-likeness (QED) is 0.681.